The molecule has 0 N–H and O–H groups in total. The Kier molecular flexibility index (Phi) is 2.08. The lowest BCUT2D eigenvalue weighted by Gasteiger charge is -1.89. The predicted octanol–water partition coefficient (Wildman–Crippen LogP) is 1.88. The van der Waals surface area contributed by atoms with Gasteiger partial charge in [-0.05, 0) is 6.92 Å². The van der Waals surface area contributed by atoms with Crippen molar-refractivity contribution in [3.05, 3.63) is 17.3 Å². The highest BCUT2D eigenvalue weighted by Gasteiger charge is 2.12. The fraction of sp³-hybridized carbons (Fsp3) is 0.500. The second-order valence-electron chi connectivity index (χ2n) is 2.42. The van der Waals surface area contributed by atoms with Gasteiger partial charge in [-0.15, -0.1) is 0 Å². The maximum absolute atomic E-state index is 11.1. The van der Waals surface area contributed by atoms with Gasteiger partial charge in [0, 0.05) is 13.3 Å². The molecule has 0 bridgehead atoms. The summed E-state index contributed by atoms with van der Waals surface area (Å²) in [7, 11) is 0. The third-order valence-electron chi connectivity index (χ3n) is 1.48. The minimum Gasteiger partial charge on any atom is -0.438 e. The van der Waals surface area contributed by atoms with E-state index in [0.29, 0.717) is 23.8 Å². The third-order valence-corrected chi connectivity index (χ3v) is 1.48. The first-order chi connectivity index (χ1) is 5.15. The van der Waals surface area contributed by atoms with Gasteiger partial charge in [0.05, 0.1) is 5.69 Å². The molecule has 60 valence electrons. The maximum atomic E-state index is 11.1. The van der Waals surface area contributed by atoms with E-state index >= 15 is 0 Å². The number of carbonyl (C=O) groups excluding carboxylic acids is 1. The average molecular weight is 153 g/mol. The van der Waals surface area contributed by atoms with E-state index in [-0.39, 0.29) is 5.78 Å². The van der Waals surface area contributed by atoms with Crippen molar-refractivity contribution in [1.82, 2.24) is 4.98 Å². The van der Waals surface area contributed by atoms with Crippen LogP contribution in [0.3, 0.4) is 0 Å². The van der Waals surface area contributed by atoms with E-state index in [1.807, 2.05) is 0 Å². The summed E-state index contributed by atoms with van der Waals surface area (Å²) in [4.78, 5) is 15.1. The summed E-state index contributed by atoms with van der Waals surface area (Å²) in [5.74, 6) is 0.979. The second kappa shape index (κ2) is 2.86. The van der Waals surface area contributed by atoms with Crippen molar-refractivity contribution < 1.29 is 9.21 Å². The highest BCUT2D eigenvalue weighted by molar-refractivity contribution is 5.94. The molecule has 0 radical (unpaired) electrons. The van der Waals surface area contributed by atoms with Crippen LogP contribution in [-0.2, 0) is 0 Å². The van der Waals surface area contributed by atoms with Crippen molar-refractivity contribution in [2.75, 3.05) is 0 Å². The fourth-order valence-corrected chi connectivity index (χ4v) is 0.951. The molecule has 0 saturated heterocycles. The molecule has 0 amide bonds. The summed E-state index contributed by atoms with van der Waals surface area (Å²) < 4.78 is 5.11. The van der Waals surface area contributed by atoms with Crippen LogP contribution < -0.4 is 0 Å². The van der Waals surface area contributed by atoms with Gasteiger partial charge in [-0.3, -0.25) is 4.79 Å². The summed E-state index contributed by atoms with van der Waals surface area (Å²) in [6.45, 7) is 5.32. The van der Waals surface area contributed by atoms with E-state index in [9.17, 15) is 4.79 Å². The number of carbonyl (C=O) groups is 1. The number of aromatic nitrogens is 1. The normalized spacial score (nSPS) is 10.1. The van der Waals surface area contributed by atoms with Crippen LogP contribution in [0.4, 0.5) is 0 Å². The largest absolute Gasteiger partial charge is 0.438 e. The Morgan fingerprint density at radius 3 is 2.55 bits per heavy atom. The van der Waals surface area contributed by atoms with Gasteiger partial charge in [0.2, 0.25) is 0 Å². The van der Waals surface area contributed by atoms with Gasteiger partial charge in [0.15, 0.2) is 17.4 Å². The van der Waals surface area contributed by atoms with E-state index in [4.69, 9.17) is 4.42 Å². The highest BCUT2D eigenvalue weighted by Crippen LogP contribution is 2.10. The van der Waals surface area contributed by atoms with Crippen LogP contribution >= 0.6 is 0 Å². The molecule has 0 aliphatic rings. The number of nitrogens with zero attached hydrogens (tertiary/aromatic N) is 1. The molecule has 1 heterocycles. The van der Waals surface area contributed by atoms with Gasteiger partial charge in [-0.25, -0.2) is 4.98 Å². The van der Waals surface area contributed by atoms with E-state index in [0.717, 1.165) is 0 Å². The van der Waals surface area contributed by atoms with E-state index < -0.39 is 0 Å². The van der Waals surface area contributed by atoms with E-state index in [2.05, 4.69) is 4.98 Å². The van der Waals surface area contributed by atoms with E-state index in [1.54, 1.807) is 20.8 Å². The maximum Gasteiger partial charge on any atom is 0.199 e. The molecule has 0 unspecified atom stereocenters. The molecule has 0 aliphatic heterocycles. The minimum atomic E-state index is 0.0168. The quantitative estimate of drug-likeness (QED) is 0.609. The Bertz CT molecular complexity index is 276. The molecule has 0 spiro atoms. The number of hydrogen-bond acceptors (Lipinski definition) is 3. The Balaban J connectivity index is 3.03. The zero-order chi connectivity index (χ0) is 8.43. The summed E-state index contributed by atoms with van der Waals surface area (Å²) in [5, 5.41) is 0. The molecule has 1 aromatic rings. The number of oxazole rings is 1. The molecule has 0 fully saturated rings. The monoisotopic (exact) mass is 153 g/mol. The molecule has 3 nitrogen and oxygen atoms in total. The highest BCUT2D eigenvalue weighted by atomic mass is 16.4. The molecule has 1 rings (SSSR count). The SMILES string of the molecule is CCC(=O)c1oc(C)nc1C. The number of rotatable bonds is 2. The van der Waals surface area contributed by atoms with Crippen molar-refractivity contribution in [2.24, 2.45) is 0 Å². The van der Waals surface area contributed by atoms with Crippen LogP contribution in [0.1, 0.15) is 35.5 Å². The number of Topliss-reactive ketones (excluding diaryl/α,β-unsaturated/α-hetero) is 1. The molecular formula is C8H11NO2. The molecule has 1 aromatic heterocycles. The lowest BCUT2D eigenvalue weighted by molar-refractivity contribution is 0.0959. The number of aryl methyl sites for hydroxylation is 2. The molecule has 0 aromatic carbocycles. The topological polar surface area (TPSA) is 43.1 Å². The fourth-order valence-electron chi connectivity index (χ4n) is 0.951. The predicted molar refractivity (Wildman–Crippen MR) is 40.6 cm³/mol. The molecule has 0 aliphatic carbocycles. The van der Waals surface area contributed by atoms with Crippen molar-refractivity contribution in [2.45, 2.75) is 27.2 Å². The van der Waals surface area contributed by atoms with Crippen molar-refractivity contribution >= 4 is 5.78 Å². The molecule has 3 heteroatoms. The van der Waals surface area contributed by atoms with Crippen LogP contribution in [0.2, 0.25) is 0 Å². The van der Waals surface area contributed by atoms with Gasteiger partial charge in [-0.1, -0.05) is 6.92 Å². The standard InChI is InChI=1S/C8H11NO2/c1-4-7(10)8-5(2)9-6(3)11-8/h4H2,1-3H3. The lowest BCUT2D eigenvalue weighted by Crippen LogP contribution is -1.96. The zero-order valence-electron chi connectivity index (χ0n) is 6.97. The molecule has 0 atom stereocenters. The van der Waals surface area contributed by atoms with Crippen molar-refractivity contribution in [3.63, 3.8) is 0 Å². The van der Waals surface area contributed by atoms with Crippen LogP contribution in [0, 0.1) is 13.8 Å². The van der Waals surface area contributed by atoms with Gasteiger partial charge in [0.1, 0.15) is 0 Å². The third kappa shape index (κ3) is 1.48. The number of hydrogen-bond donors (Lipinski definition) is 0. The average Bonchev–Trinajstić information content (AvgIpc) is 2.28. The van der Waals surface area contributed by atoms with Gasteiger partial charge >= 0.3 is 0 Å². The van der Waals surface area contributed by atoms with Gasteiger partial charge in [0.25, 0.3) is 0 Å². The summed E-state index contributed by atoms with van der Waals surface area (Å²) in [6, 6.07) is 0. The smallest absolute Gasteiger partial charge is 0.199 e. The molecule has 0 saturated carbocycles. The summed E-state index contributed by atoms with van der Waals surface area (Å²) >= 11 is 0. The van der Waals surface area contributed by atoms with Crippen LogP contribution in [0.25, 0.3) is 0 Å². The lowest BCUT2D eigenvalue weighted by atomic mass is 10.2. The molecular weight excluding hydrogens is 142 g/mol. The first kappa shape index (κ1) is 7.98. The zero-order valence-corrected chi connectivity index (χ0v) is 6.97. The molecule has 11 heavy (non-hydrogen) atoms. The Morgan fingerprint density at radius 2 is 2.18 bits per heavy atom. The van der Waals surface area contributed by atoms with Gasteiger partial charge in [-0.2, -0.15) is 0 Å². The first-order valence-corrected chi connectivity index (χ1v) is 3.62. The van der Waals surface area contributed by atoms with Crippen LogP contribution in [0.15, 0.2) is 4.42 Å². The minimum absolute atomic E-state index is 0.0168. The Hall–Kier alpha value is -1.12. The Morgan fingerprint density at radius 1 is 1.55 bits per heavy atom. The Labute approximate surface area is 65.4 Å². The second-order valence-corrected chi connectivity index (χ2v) is 2.42. The van der Waals surface area contributed by atoms with Gasteiger partial charge < -0.3 is 4.42 Å². The van der Waals surface area contributed by atoms with Crippen molar-refractivity contribution in [3.8, 4) is 0 Å². The summed E-state index contributed by atoms with van der Waals surface area (Å²) in [5.41, 5.74) is 0.689. The summed E-state index contributed by atoms with van der Waals surface area (Å²) in [6.07, 6.45) is 0.468. The first-order valence-electron chi connectivity index (χ1n) is 3.62. The van der Waals surface area contributed by atoms with E-state index in [1.165, 1.54) is 0 Å². The van der Waals surface area contributed by atoms with Crippen LogP contribution in [0.5, 0.6) is 0 Å². The van der Waals surface area contributed by atoms with Crippen molar-refractivity contribution in [1.29, 1.82) is 0 Å². The van der Waals surface area contributed by atoms with Crippen LogP contribution in [-0.4, -0.2) is 10.8 Å². The number of ketones is 1.